The Kier molecular flexibility index (Phi) is 5.10. The van der Waals surface area contributed by atoms with Crippen LogP contribution in [0.3, 0.4) is 0 Å². The van der Waals surface area contributed by atoms with Crippen LogP contribution < -0.4 is 4.74 Å². The molecule has 1 aliphatic heterocycles. The van der Waals surface area contributed by atoms with Crippen molar-refractivity contribution >= 4 is 10.8 Å². The fraction of sp³-hybridized carbons (Fsp3) is 0.409. The fourth-order valence-electron chi connectivity index (χ4n) is 3.87. The maximum atomic E-state index is 10.4. The molecule has 6 nitrogen and oxygen atoms in total. The molecule has 1 unspecified atom stereocenters. The molecule has 0 radical (unpaired) electrons. The fourth-order valence-corrected chi connectivity index (χ4v) is 3.87. The minimum atomic E-state index is -0.547. The van der Waals surface area contributed by atoms with Gasteiger partial charge in [0.1, 0.15) is 18.5 Å². The number of nitrogens with zero attached hydrogens (tertiary/aromatic N) is 3. The Morgan fingerprint density at radius 3 is 2.75 bits per heavy atom. The van der Waals surface area contributed by atoms with Gasteiger partial charge < -0.3 is 14.6 Å². The van der Waals surface area contributed by atoms with E-state index in [1.54, 1.807) is 11.8 Å². The van der Waals surface area contributed by atoms with Crippen molar-refractivity contribution in [2.75, 3.05) is 33.4 Å². The summed E-state index contributed by atoms with van der Waals surface area (Å²) in [5, 5.41) is 16.9. The molecular weight excluding hydrogens is 354 g/mol. The third kappa shape index (κ3) is 3.90. The lowest BCUT2D eigenvalue weighted by Crippen LogP contribution is -2.62. The molecule has 1 fully saturated rings. The van der Waals surface area contributed by atoms with Gasteiger partial charge in [0.2, 0.25) is 0 Å². The molecule has 1 aliphatic rings. The molecule has 6 heteroatoms. The highest BCUT2D eigenvalue weighted by Crippen LogP contribution is 2.33. The molecule has 1 atom stereocenters. The highest BCUT2D eigenvalue weighted by atomic mass is 16.5. The van der Waals surface area contributed by atoms with Gasteiger partial charge in [0.25, 0.3) is 0 Å². The molecule has 0 bridgehead atoms. The van der Waals surface area contributed by atoms with Crippen LogP contribution in [0.1, 0.15) is 6.92 Å². The quantitative estimate of drug-likeness (QED) is 0.682. The van der Waals surface area contributed by atoms with Crippen molar-refractivity contribution in [3.63, 3.8) is 0 Å². The molecule has 2 heterocycles. The monoisotopic (exact) mass is 381 g/mol. The Balaban J connectivity index is 1.47. The SMILES string of the molecule is COC1(C)CN(CC(O)COc2cc(-c3cnn(C)c3)c3ccccc3c2)C1. The van der Waals surface area contributed by atoms with Gasteiger partial charge in [-0.1, -0.05) is 24.3 Å². The second kappa shape index (κ2) is 7.54. The molecule has 0 spiro atoms. The number of rotatable bonds is 7. The summed E-state index contributed by atoms with van der Waals surface area (Å²) < 4.78 is 13.2. The van der Waals surface area contributed by atoms with Crippen LogP contribution in [-0.4, -0.2) is 64.8 Å². The Morgan fingerprint density at radius 2 is 2.04 bits per heavy atom. The third-order valence-corrected chi connectivity index (χ3v) is 5.37. The summed E-state index contributed by atoms with van der Waals surface area (Å²) in [7, 11) is 3.64. The predicted octanol–water partition coefficient (Wildman–Crippen LogP) is 2.70. The van der Waals surface area contributed by atoms with E-state index in [-0.39, 0.29) is 12.2 Å². The van der Waals surface area contributed by atoms with Gasteiger partial charge in [0.05, 0.1) is 11.8 Å². The summed E-state index contributed by atoms with van der Waals surface area (Å²) in [6.07, 6.45) is 3.31. The van der Waals surface area contributed by atoms with Crippen LogP contribution in [0.25, 0.3) is 21.9 Å². The van der Waals surface area contributed by atoms with Crippen molar-refractivity contribution in [3.8, 4) is 16.9 Å². The van der Waals surface area contributed by atoms with E-state index < -0.39 is 6.10 Å². The van der Waals surface area contributed by atoms with Gasteiger partial charge >= 0.3 is 0 Å². The van der Waals surface area contributed by atoms with Crippen LogP contribution in [0.15, 0.2) is 48.8 Å². The Hall–Kier alpha value is -2.41. The molecule has 4 rings (SSSR count). The average Bonchev–Trinajstić information content (AvgIpc) is 3.10. The number of methoxy groups -OCH3 is 1. The topological polar surface area (TPSA) is 59.8 Å². The lowest BCUT2D eigenvalue weighted by atomic mass is 9.96. The maximum Gasteiger partial charge on any atom is 0.120 e. The first-order valence-corrected chi connectivity index (χ1v) is 9.56. The van der Waals surface area contributed by atoms with Gasteiger partial charge in [-0.15, -0.1) is 0 Å². The van der Waals surface area contributed by atoms with E-state index >= 15 is 0 Å². The number of hydrogen-bond acceptors (Lipinski definition) is 5. The van der Waals surface area contributed by atoms with E-state index in [4.69, 9.17) is 9.47 Å². The zero-order valence-corrected chi connectivity index (χ0v) is 16.6. The van der Waals surface area contributed by atoms with Crippen LogP contribution in [-0.2, 0) is 11.8 Å². The summed E-state index contributed by atoms with van der Waals surface area (Å²) in [6.45, 7) is 4.60. The van der Waals surface area contributed by atoms with Crippen molar-refractivity contribution in [3.05, 3.63) is 48.8 Å². The second-order valence-corrected chi connectivity index (χ2v) is 7.88. The summed E-state index contributed by atoms with van der Waals surface area (Å²) in [5.41, 5.74) is 2.04. The first-order chi connectivity index (χ1) is 13.5. The standard InChI is InChI=1S/C22H27N3O3/c1-22(27-3)14-25(15-22)12-18(26)13-28-19-8-16-6-4-5-7-20(16)21(9-19)17-10-23-24(2)11-17/h4-11,18,26H,12-15H2,1-3H3. The van der Waals surface area contributed by atoms with E-state index in [9.17, 15) is 5.11 Å². The van der Waals surface area contributed by atoms with Gasteiger partial charge in [-0.2, -0.15) is 5.10 Å². The zero-order valence-electron chi connectivity index (χ0n) is 16.6. The molecule has 0 aliphatic carbocycles. The Bertz CT molecular complexity index is 963. The van der Waals surface area contributed by atoms with Crippen LogP contribution >= 0.6 is 0 Å². The molecule has 0 saturated carbocycles. The van der Waals surface area contributed by atoms with Gasteiger partial charge in [-0.05, 0) is 35.4 Å². The number of aliphatic hydroxyl groups is 1. The van der Waals surface area contributed by atoms with Crippen LogP contribution in [0, 0.1) is 0 Å². The van der Waals surface area contributed by atoms with Crippen molar-refractivity contribution in [2.24, 2.45) is 7.05 Å². The molecule has 148 valence electrons. The number of aryl methyl sites for hydroxylation is 1. The van der Waals surface area contributed by atoms with Gasteiger partial charge in [0.15, 0.2) is 0 Å². The first-order valence-electron chi connectivity index (χ1n) is 9.56. The van der Waals surface area contributed by atoms with Crippen molar-refractivity contribution in [2.45, 2.75) is 18.6 Å². The minimum absolute atomic E-state index is 0.0858. The number of β-amino-alcohol motifs (C(OH)–C–C–N with tert-alkyl or cyclic N) is 1. The molecule has 3 aromatic rings. The Labute approximate surface area is 165 Å². The number of fused-ring (bicyclic) bond motifs is 1. The molecular formula is C22H27N3O3. The van der Waals surface area contributed by atoms with Crippen molar-refractivity contribution in [1.29, 1.82) is 0 Å². The first kappa shape index (κ1) is 18.9. The largest absolute Gasteiger partial charge is 0.491 e. The lowest BCUT2D eigenvalue weighted by Gasteiger charge is -2.47. The van der Waals surface area contributed by atoms with Gasteiger partial charge in [-0.25, -0.2) is 0 Å². The molecule has 1 saturated heterocycles. The normalized spacial score (nSPS) is 17.4. The van der Waals surface area contributed by atoms with E-state index in [1.165, 1.54) is 0 Å². The van der Waals surface area contributed by atoms with E-state index in [2.05, 4.69) is 29.1 Å². The summed E-state index contributed by atoms with van der Waals surface area (Å²) >= 11 is 0. The predicted molar refractivity (Wildman–Crippen MR) is 110 cm³/mol. The number of aliphatic hydroxyl groups excluding tert-OH is 1. The average molecular weight is 381 g/mol. The summed E-state index contributed by atoms with van der Waals surface area (Å²) in [4.78, 5) is 2.18. The summed E-state index contributed by atoms with van der Waals surface area (Å²) in [5.74, 6) is 0.752. The molecule has 1 aromatic heterocycles. The molecule has 1 N–H and O–H groups in total. The highest BCUT2D eigenvalue weighted by molar-refractivity contribution is 5.97. The van der Waals surface area contributed by atoms with E-state index in [1.807, 2.05) is 43.7 Å². The van der Waals surface area contributed by atoms with Crippen molar-refractivity contribution in [1.82, 2.24) is 14.7 Å². The number of ether oxygens (including phenoxy) is 2. The number of likely N-dealkylation sites (tertiary alicyclic amines) is 1. The van der Waals surface area contributed by atoms with E-state index in [0.717, 1.165) is 40.7 Å². The minimum Gasteiger partial charge on any atom is -0.491 e. The van der Waals surface area contributed by atoms with Crippen LogP contribution in [0.4, 0.5) is 0 Å². The zero-order chi connectivity index (χ0) is 19.7. The third-order valence-electron chi connectivity index (χ3n) is 5.37. The molecule has 0 amide bonds. The maximum absolute atomic E-state index is 10.4. The molecule has 2 aromatic carbocycles. The van der Waals surface area contributed by atoms with E-state index in [0.29, 0.717) is 6.54 Å². The van der Waals surface area contributed by atoms with Crippen LogP contribution in [0.2, 0.25) is 0 Å². The smallest absolute Gasteiger partial charge is 0.120 e. The number of aromatic nitrogens is 2. The van der Waals surface area contributed by atoms with Gasteiger partial charge in [-0.3, -0.25) is 9.58 Å². The van der Waals surface area contributed by atoms with Gasteiger partial charge in [0, 0.05) is 45.6 Å². The lowest BCUT2D eigenvalue weighted by molar-refractivity contribution is -0.121. The summed E-state index contributed by atoms with van der Waals surface area (Å²) in [6, 6.07) is 12.3. The van der Waals surface area contributed by atoms with Crippen LogP contribution in [0.5, 0.6) is 5.75 Å². The van der Waals surface area contributed by atoms with Crippen molar-refractivity contribution < 1.29 is 14.6 Å². The number of hydrogen-bond donors (Lipinski definition) is 1. The number of benzene rings is 2. The second-order valence-electron chi connectivity index (χ2n) is 7.88. The molecule has 28 heavy (non-hydrogen) atoms. The Morgan fingerprint density at radius 1 is 1.25 bits per heavy atom. The highest BCUT2D eigenvalue weighted by Gasteiger charge is 2.39.